The molecule has 2 nitrogen and oxygen atoms in total. The zero-order chi connectivity index (χ0) is 12.1. The molecule has 0 aromatic heterocycles. The molecular formula is C15H16O2. The van der Waals surface area contributed by atoms with Crippen LogP contribution >= 0.6 is 0 Å². The quantitative estimate of drug-likeness (QED) is 0.547. The molecule has 0 saturated heterocycles. The van der Waals surface area contributed by atoms with Crippen LogP contribution < -0.4 is 0 Å². The molecule has 0 N–H and O–H groups in total. The van der Waals surface area contributed by atoms with Gasteiger partial charge in [0.15, 0.2) is 11.6 Å². The lowest BCUT2D eigenvalue weighted by Gasteiger charge is -2.09. The maximum Gasteiger partial charge on any atom is 0.166 e. The number of ketones is 2. The van der Waals surface area contributed by atoms with Crippen molar-refractivity contribution < 1.29 is 9.59 Å². The highest BCUT2D eigenvalue weighted by Crippen LogP contribution is 2.18. The van der Waals surface area contributed by atoms with Crippen LogP contribution in [-0.2, 0) is 9.59 Å². The zero-order valence-electron chi connectivity index (χ0n) is 9.82. The van der Waals surface area contributed by atoms with Crippen LogP contribution in [0.1, 0.15) is 32.1 Å². The van der Waals surface area contributed by atoms with Crippen molar-refractivity contribution in [2.75, 3.05) is 0 Å². The molecule has 2 heteroatoms. The fraction of sp³-hybridized carbons (Fsp3) is 0.333. The minimum atomic E-state index is -0.0187. The molecule has 0 aromatic rings. The van der Waals surface area contributed by atoms with Crippen molar-refractivity contribution in [2.45, 2.75) is 32.1 Å². The van der Waals surface area contributed by atoms with E-state index < -0.39 is 0 Å². The van der Waals surface area contributed by atoms with Gasteiger partial charge in [-0.25, -0.2) is 0 Å². The number of carbonyl (C=O) groups excluding carboxylic acids is 2. The first-order valence-electron chi connectivity index (χ1n) is 6.02. The maximum atomic E-state index is 11.9. The number of rotatable bonds is 4. The molecule has 0 spiro atoms. The standard InChI is InChI=1S/C15H16O2/c16-14(12-7-3-1-4-8-12)11-15(17)13-9-5-2-6-10-13/h1-3,5,8,10H,4,6-7,9,11H2. The van der Waals surface area contributed by atoms with Gasteiger partial charge in [0.2, 0.25) is 0 Å². The maximum absolute atomic E-state index is 11.9. The molecule has 0 bridgehead atoms. The van der Waals surface area contributed by atoms with E-state index in [1.807, 2.05) is 36.5 Å². The number of Topliss-reactive ketones (excluding diaryl/α,β-unsaturated/α-hetero) is 2. The highest BCUT2D eigenvalue weighted by atomic mass is 16.1. The van der Waals surface area contributed by atoms with Gasteiger partial charge in [0.1, 0.15) is 0 Å². The summed E-state index contributed by atoms with van der Waals surface area (Å²) in [5.41, 5.74) is 1.57. The molecule has 0 radical (unpaired) electrons. The molecule has 0 atom stereocenters. The Kier molecular flexibility index (Phi) is 3.86. The topological polar surface area (TPSA) is 34.1 Å². The Morgan fingerprint density at radius 1 is 0.824 bits per heavy atom. The SMILES string of the molecule is O=C(CC(=O)C1=CCC=CC1)C1=CCC=CC1. The number of hydrogen-bond acceptors (Lipinski definition) is 2. The molecule has 0 unspecified atom stereocenters. The third kappa shape index (κ3) is 3.13. The van der Waals surface area contributed by atoms with E-state index in [-0.39, 0.29) is 18.0 Å². The lowest BCUT2D eigenvalue weighted by Crippen LogP contribution is -2.13. The first-order valence-corrected chi connectivity index (χ1v) is 6.02. The molecule has 88 valence electrons. The van der Waals surface area contributed by atoms with E-state index >= 15 is 0 Å². The molecule has 0 saturated carbocycles. The number of allylic oxidation sites excluding steroid dienone is 8. The molecular weight excluding hydrogens is 212 g/mol. The van der Waals surface area contributed by atoms with E-state index in [0.29, 0.717) is 12.8 Å². The minimum Gasteiger partial charge on any atom is -0.294 e. The van der Waals surface area contributed by atoms with Crippen molar-refractivity contribution in [1.29, 1.82) is 0 Å². The van der Waals surface area contributed by atoms with Crippen molar-refractivity contribution in [3.8, 4) is 0 Å². The molecule has 0 fully saturated rings. The monoisotopic (exact) mass is 228 g/mol. The molecule has 17 heavy (non-hydrogen) atoms. The van der Waals surface area contributed by atoms with Gasteiger partial charge in [-0.1, -0.05) is 36.5 Å². The summed E-state index contributed by atoms with van der Waals surface area (Å²) in [5.74, 6) is -0.0374. The molecule has 0 aromatic carbocycles. The fourth-order valence-electron chi connectivity index (χ4n) is 2.03. The van der Waals surface area contributed by atoms with E-state index in [9.17, 15) is 9.59 Å². The summed E-state index contributed by atoms with van der Waals surface area (Å²) < 4.78 is 0. The summed E-state index contributed by atoms with van der Waals surface area (Å²) in [6.45, 7) is 0. The number of carbonyl (C=O) groups is 2. The van der Waals surface area contributed by atoms with Crippen molar-refractivity contribution in [3.63, 3.8) is 0 Å². The molecule has 0 heterocycles. The molecule has 2 aliphatic carbocycles. The summed E-state index contributed by atoms with van der Waals surface area (Å²) in [5, 5.41) is 0. The summed E-state index contributed by atoms with van der Waals surface area (Å²) in [7, 11) is 0. The second kappa shape index (κ2) is 5.58. The predicted octanol–water partition coefficient (Wildman–Crippen LogP) is 3.07. The van der Waals surface area contributed by atoms with Gasteiger partial charge in [-0.2, -0.15) is 0 Å². The van der Waals surface area contributed by atoms with E-state index in [1.165, 1.54) is 0 Å². The van der Waals surface area contributed by atoms with Crippen LogP contribution in [0.15, 0.2) is 47.6 Å². The van der Waals surface area contributed by atoms with Gasteiger partial charge in [0, 0.05) is 0 Å². The van der Waals surface area contributed by atoms with Crippen LogP contribution in [0.5, 0.6) is 0 Å². The third-order valence-corrected chi connectivity index (χ3v) is 3.05. The van der Waals surface area contributed by atoms with Crippen molar-refractivity contribution in [2.24, 2.45) is 0 Å². The average molecular weight is 228 g/mol. The largest absolute Gasteiger partial charge is 0.294 e. The Bertz CT molecular complexity index is 406. The molecule has 2 aliphatic rings. The van der Waals surface area contributed by atoms with E-state index in [2.05, 4.69) is 0 Å². The second-order valence-corrected chi connectivity index (χ2v) is 4.30. The lowest BCUT2D eigenvalue weighted by atomic mass is 9.94. The van der Waals surface area contributed by atoms with Crippen LogP contribution in [0.25, 0.3) is 0 Å². The molecule has 0 amide bonds. The fourth-order valence-corrected chi connectivity index (χ4v) is 2.03. The Morgan fingerprint density at radius 3 is 1.65 bits per heavy atom. The van der Waals surface area contributed by atoms with Gasteiger partial charge in [0.25, 0.3) is 0 Å². The lowest BCUT2D eigenvalue weighted by molar-refractivity contribution is -0.123. The van der Waals surface area contributed by atoms with Gasteiger partial charge in [-0.3, -0.25) is 9.59 Å². The average Bonchev–Trinajstić information content (AvgIpc) is 2.40. The summed E-state index contributed by atoms with van der Waals surface area (Å²) in [4.78, 5) is 23.8. The molecule has 0 aliphatic heterocycles. The van der Waals surface area contributed by atoms with Crippen LogP contribution in [0.4, 0.5) is 0 Å². The van der Waals surface area contributed by atoms with E-state index in [1.54, 1.807) is 0 Å². The van der Waals surface area contributed by atoms with Crippen molar-refractivity contribution in [1.82, 2.24) is 0 Å². The highest BCUT2D eigenvalue weighted by molar-refractivity contribution is 6.13. The number of hydrogen-bond donors (Lipinski definition) is 0. The normalized spacial score (nSPS) is 18.6. The summed E-state index contributed by atoms with van der Waals surface area (Å²) >= 11 is 0. The summed E-state index contributed by atoms with van der Waals surface area (Å²) in [6, 6.07) is 0. The highest BCUT2D eigenvalue weighted by Gasteiger charge is 2.17. The first-order chi connectivity index (χ1) is 8.27. The van der Waals surface area contributed by atoms with Crippen LogP contribution in [0.2, 0.25) is 0 Å². The van der Waals surface area contributed by atoms with Crippen LogP contribution in [0.3, 0.4) is 0 Å². The van der Waals surface area contributed by atoms with Gasteiger partial charge < -0.3 is 0 Å². The zero-order valence-corrected chi connectivity index (χ0v) is 9.82. The van der Waals surface area contributed by atoms with E-state index in [0.717, 1.165) is 24.0 Å². The predicted molar refractivity (Wildman–Crippen MR) is 67.5 cm³/mol. The smallest absolute Gasteiger partial charge is 0.166 e. The van der Waals surface area contributed by atoms with E-state index in [4.69, 9.17) is 0 Å². The third-order valence-electron chi connectivity index (χ3n) is 3.05. The second-order valence-electron chi connectivity index (χ2n) is 4.30. The van der Waals surface area contributed by atoms with Crippen LogP contribution in [-0.4, -0.2) is 11.6 Å². The van der Waals surface area contributed by atoms with Gasteiger partial charge in [-0.15, -0.1) is 0 Å². The van der Waals surface area contributed by atoms with Crippen molar-refractivity contribution >= 4 is 11.6 Å². The summed E-state index contributed by atoms with van der Waals surface area (Å²) in [6.07, 6.45) is 14.9. The van der Waals surface area contributed by atoms with Gasteiger partial charge >= 0.3 is 0 Å². The Labute approximate surface area is 101 Å². The Balaban J connectivity index is 1.92. The minimum absolute atomic E-state index is 0.0187. The van der Waals surface area contributed by atoms with Gasteiger partial charge in [0.05, 0.1) is 6.42 Å². The van der Waals surface area contributed by atoms with Crippen molar-refractivity contribution in [3.05, 3.63) is 47.6 Å². The first kappa shape index (κ1) is 11.8. The van der Waals surface area contributed by atoms with Gasteiger partial charge in [-0.05, 0) is 36.8 Å². The Morgan fingerprint density at radius 2 is 1.29 bits per heavy atom. The van der Waals surface area contributed by atoms with Crippen LogP contribution in [0, 0.1) is 0 Å². The molecule has 2 rings (SSSR count). The Hall–Kier alpha value is -1.70.